The largest absolute Gasteiger partial charge is 0.468 e. The minimum Gasteiger partial charge on any atom is -0.468 e. The highest BCUT2D eigenvalue weighted by atomic mass is 19.1. The third-order valence-corrected chi connectivity index (χ3v) is 4.20. The van der Waals surface area contributed by atoms with Crippen LogP contribution in [0.3, 0.4) is 0 Å². The molecule has 0 amide bonds. The quantitative estimate of drug-likeness (QED) is 0.589. The SMILES string of the molecule is COC(=O)[C@H]1NC[C@H]2[C@@H]1[C@H](CF)C=CC[C@@H]2C. The van der Waals surface area contributed by atoms with Crippen molar-refractivity contribution in [3.8, 4) is 0 Å². The van der Waals surface area contributed by atoms with E-state index in [1.165, 1.54) is 7.11 Å². The smallest absolute Gasteiger partial charge is 0.323 e. The molecule has 0 aromatic rings. The second-order valence-corrected chi connectivity index (χ2v) is 5.11. The zero-order valence-electron chi connectivity index (χ0n) is 10.4. The molecule has 1 aliphatic carbocycles. The number of allylic oxidation sites excluding steroid dienone is 2. The summed E-state index contributed by atoms with van der Waals surface area (Å²) in [5, 5.41) is 3.20. The molecule has 0 radical (unpaired) electrons. The summed E-state index contributed by atoms with van der Waals surface area (Å²) < 4.78 is 17.9. The molecule has 1 heterocycles. The van der Waals surface area contributed by atoms with Gasteiger partial charge in [0, 0.05) is 5.92 Å². The molecule has 0 aromatic heterocycles. The molecule has 2 rings (SSSR count). The van der Waals surface area contributed by atoms with E-state index in [2.05, 4.69) is 18.3 Å². The van der Waals surface area contributed by atoms with Gasteiger partial charge in [-0.05, 0) is 30.7 Å². The molecule has 1 saturated heterocycles. The van der Waals surface area contributed by atoms with Crippen LogP contribution >= 0.6 is 0 Å². The van der Waals surface area contributed by atoms with Gasteiger partial charge in [-0.25, -0.2) is 0 Å². The Morgan fingerprint density at radius 1 is 1.59 bits per heavy atom. The van der Waals surface area contributed by atoms with E-state index < -0.39 is 6.67 Å². The third-order valence-electron chi connectivity index (χ3n) is 4.20. The lowest BCUT2D eigenvalue weighted by Crippen LogP contribution is -2.40. The lowest BCUT2D eigenvalue weighted by Gasteiger charge is -2.28. The number of ether oxygens (including phenoxy) is 1. The molecule has 3 nitrogen and oxygen atoms in total. The maximum absolute atomic E-state index is 13.1. The van der Waals surface area contributed by atoms with E-state index in [9.17, 15) is 9.18 Å². The number of carbonyl (C=O) groups excluding carboxylic acids is 1. The fourth-order valence-corrected chi connectivity index (χ4v) is 3.22. The van der Waals surface area contributed by atoms with Gasteiger partial charge in [0.15, 0.2) is 0 Å². The summed E-state index contributed by atoms with van der Waals surface area (Å²) in [5.74, 6) is 0.438. The topological polar surface area (TPSA) is 38.3 Å². The van der Waals surface area contributed by atoms with Crippen molar-refractivity contribution in [2.45, 2.75) is 19.4 Å². The summed E-state index contributed by atoms with van der Waals surface area (Å²) in [6.07, 6.45) is 4.96. The summed E-state index contributed by atoms with van der Waals surface area (Å²) in [6.45, 7) is 2.55. The Balaban J connectivity index is 2.24. The van der Waals surface area contributed by atoms with E-state index in [4.69, 9.17) is 4.74 Å². The van der Waals surface area contributed by atoms with Crippen molar-refractivity contribution < 1.29 is 13.9 Å². The minimum absolute atomic E-state index is 0.0289. The molecule has 0 aromatic carbocycles. The molecule has 0 saturated carbocycles. The van der Waals surface area contributed by atoms with Crippen LogP contribution in [-0.4, -0.2) is 32.3 Å². The van der Waals surface area contributed by atoms with E-state index in [0.717, 1.165) is 13.0 Å². The number of hydrogen-bond acceptors (Lipinski definition) is 3. The molecule has 5 atom stereocenters. The van der Waals surface area contributed by atoms with Gasteiger partial charge in [0.2, 0.25) is 0 Å². The van der Waals surface area contributed by atoms with Gasteiger partial charge in [-0.1, -0.05) is 19.1 Å². The Kier molecular flexibility index (Phi) is 3.82. The number of halogens is 1. The molecular formula is C13H20FNO2. The molecule has 1 aliphatic heterocycles. The summed E-state index contributed by atoms with van der Waals surface area (Å²) in [5.41, 5.74) is 0. The van der Waals surface area contributed by atoms with Gasteiger partial charge in [0.05, 0.1) is 13.8 Å². The summed E-state index contributed by atoms with van der Waals surface area (Å²) in [7, 11) is 1.39. The second-order valence-electron chi connectivity index (χ2n) is 5.11. The number of esters is 1. The number of hydrogen-bond donors (Lipinski definition) is 1. The molecule has 0 spiro atoms. The maximum Gasteiger partial charge on any atom is 0.323 e. The Morgan fingerprint density at radius 3 is 3.00 bits per heavy atom. The van der Waals surface area contributed by atoms with Gasteiger partial charge in [-0.15, -0.1) is 0 Å². The molecule has 1 fully saturated rings. The van der Waals surface area contributed by atoms with Crippen LogP contribution in [0.15, 0.2) is 12.2 Å². The van der Waals surface area contributed by atoms with Gasteiger partial charge >= 0.3 is 5.97 Å². The number of methoxy groups -OCH3 is 1. The molecule has 1 N–H and O–H groups in total. The molecule has 2 aliphatic rings. The van der Waals surface area contributed by atoms with E-state index in [1.807, 2.05) is 6.08 Å². The second kappa shape index (κ2) is 5.17. The van der Waals surface area contributed by atoms with Crippen LogP contribution in [0.1, 0.15) is 13.3 Å². The molecular weight excluding hydrogens is 221 g/mol. The fraction of sp³-hybridized carbons (Fsp3) is 0.769. The monoisotopic (exact) mass is 241 g/mol. The van der Waals surface area contributed by atoms with Gasteiger partial charge in [-0.3, -0.25) is 9.18 Å². The van der Waals surface area contributed by atoms with E-state index in [-0.39, 0.29) is 23.8 Å². The zero-order valence-corrected chi connectivity index (χ0v) is 10.4. The Bertz CT molecular complexity index is 319. The number of alkyl halides is 1. The van der Waals surface area contributed by atoms with Crippen LogP contribution in [0.25, 0.3) is 0 Å². The average molecular weight is 241 g/mol. The normalized spacial score (nSPS) is 40.8. The minimum atomic E-state index is -0.403. The van der Waals surface area contributed by atoms with Crippen LogP contribution in [0.2, 0.25) is 0 Å². The number of nitrogens with one attached hydrogen (secondary N) is 1. The summed E-state index contributed by atoms with van der Waals surface area (Å²) >= 11 is 0. The highest BCUT2D eigenvalue weighted by molar-refractivity contribution is 5.76. The van der Waals surface area contributed by atoms with Crippen molar-refractivity contribution in [2.24, 2.45) is 23.7 Å². The van der Waals surface area contributed by atoms with Crippen LogP contribution in [0, 0.1) is 23.7 Å². The van der Waals surface area contributed by atoms with Crippen LogP contribution in [-0.2, 0) is 9.53 Å². The molecule has 0 unspecified atom stereocenters. The first-order valence-electron chi connectivity index (χ1n) is 6.23. The number of carbonyl (C=O) groups is 1. The van der Waals surface area contributed by atoms with Crippen molar-refractivity contribution >= 4 is 5.97 Å². The predicted octanol–water partition coefficient (Wildman–Crippen LogP) is 1.55. The third kappa shape index (κ3) is 2.23. The van der Waals surface area contributed by atoms with Crippen LogP contribution in [0.4, 0.5) is 4.39 Å². The van der Waals surface area contributed by atoms with E-state index in [1.54, 1.807) is 0 Å². The molecule has 17 heavy (non-hydrogen) atoms. The van der Waals surface area contributed by atoms with Gasteiger partial charge in [-0.2, -0.15) is 0 Å². The van der Waals surface area contributed by atoms with Crippen molar-refractivity contribution in [3.63, 3.8) is 0 Å². The summed E-state index contributed by atoms with van der Waals surface area (Å²) in [6, 6.07) is -0.351. The van der Waals surface area contributed by atoms with E-state index in [0.29, 0.717) is 11.8 Å². The number of rotatable bonds is 2. The van der Waals surface area contributed by atoms with Crippen LogP contribution in [0.5, 0.6) is 0 Å². The van der Waals surface area contributed by atoms with Gasteiger partial charge in [0.1, 0.15) is 6.04 Å². The average Bonchev–Trinajstić information content (AvgIpc) is 2.71. The fourth-order valence-electron chi connectivity index (χ4n) is 3.22. The standard InChI is InChI=1S/C13H20FNO2/c1-8-4-3-5-9(6-14)11-10(8)7-15-12(11)13(16)17-2/h3,5,8-12,15H,4,6-7H2,1-2H3/t8-,9-,10+,11-,12-/m0/s1. The predicted molar refractivity (Wildman–Crippen MR) is 63.2 cm³/mol. The molecule has 4 heteroatoms. The first-order chi connectivity index (χ1) is 8.19. The van der Waals surface area contributed by atoms with Crippen LogP contribution < -0.4 is 5.32 Å². The maximum atomic E-state index is 13.1. The Morgan fingerprint density at radius 2 is 2.35 bits per heavy atom. The van der Waals surface area contributed by atoms with Crippen molar-refractivity contribution in [1.29, 1.82) is 0 Å². The Labute approximate surface area is 101 Å². The van der Waals surface area contributed by atoms with Crippen molar-refractivity contribution in [3.05, 3.63) is 12.2 Å². The lowest BCUT2D eigenvalue weighted by atomic mass is 9.76. The zero-order chi connectivity index (χ0) is 12.4. The molecule has 0 bridgehead atoms. The first kappa shape index (κ1) is 12.6. The molecule has 96 valence electrons. The highest BCUT2D eigenvalue weighted by Crippen LogP contribution is 2.39. The van der Waals surface area contributed by atoms with Crippen molar-refractivity contribution in [2.75, 3.05) is 20.3 Å². The van der Waals surface area contributed by atoms with E-state index >= 15 is 0 Å². The number of fused-ring (bicyclic) bond motifs is 1. The summed E-state index contributed by atoms with van der Waals surface area (Å²) in [4.78, 5) is 11.7. The Hall–Kier alpha value is -0.900. The van der Waals surface area contributed by atoms with Crippen molar-refractivity contribution in [1.82, 2.24) is 5.32 Å². The highest BCUT2D eigenvalue weighted by Gasteiger charge is 2.46. The van der Waals surface area contributed by atoms with Gasteiger partial charge in [0.25, 0.3) is 0 Å². The van der Waals surface area contributed by atoms with Gasteiger partial charge < -0.3 is 10.1 Å². The lowest BCUT2D eigenvalue weighted by molar-refractivity contribution is -0.144. The first-order valence-corrected chi connectivity index (χ1v) is 6.23.